The number of aryl methyl sites for hydroxylation is 1. The first-order valence-corrected chi connectivity index (χ1v) is 9.09. The van der Waals surface area contributed by atoms with Crippen LogP contribution in [0.1, 0.15) is 69.3 Å². The summed E-state index contributed by atoms with van der Waals surface area (Å²) in [4.78, 5) is 23.6. The number of carbonyl (C=O) groups is 2. The van der Waals surface area contributed by atoms with Gasteiger partial charge in [-0.15, -0.1) is 0 Å². The first-order chi connectivity index (χ1) is 12.0. The van der Waals surface area contributed by atoms with Gasteiger partial charge < -0.3 is 14.2 Å². The number of hydrogen-bond donors (Lipinski definition) is 0. The second-order valence-electron chi connectivity index (χ2n) is 6.28. The number of hydrogen-bond acceptors (Lipinski definition) is 5. The molecule has 1 rings (SSSR count). The quantitative estimate of drug-likeness (QED) is 0.443. The molecule has 0 amide bonds. The van der Waals surface area contributed by atoms with E-state index in [0.717, 1.165) is 25.7 Å². The van der Waals surface area contributed by atoms with Gasteiger partial charge in [-0.1, -0.05) is 38.8 Å². The summed E-state index contributed by atoms with van der Waals surface area (Å²) in [6.07, 6.45) is 2.83. The van der Waals surface area contributed by atoms with Gasteiger partial charge in [-0.25, -0.2) is 9.59 Å². The van der Waals surface area contributed by atoms with E-state index in [0.29, 0.717) is 18.6 Å². The van der Waals surface area contributed by atoms with E-state index in [1.165, 1.54) is 5.56 Å². The highest BCUT2D eigenvalue weighted by Gasteiger charge is 2.18. The van der Waals surface area contributed by atoms with E-state index in [9.17, 15) is 9.59 Å². The van der Waals surface area contributed by atoms with Crippen molar-refractivity contribution in [1.29, 1.82) is 0 Å². The summed E-state index contributed by atoms with van der Waals surface area (Å²) in [6.45, 7) is 8.04. The van der Waals surface area contributed by atoms with Crippen LogP contribution < -0.4 is 0 Å². The van der Waals surface area contributed by atoms with E-state index >= 15 is 0 Å². The van der Waals surface area contributed by atoms with Crippen molar-refractivity contribution in [2.24, 2.45) is 0 Å². The number of esters is 1. The van der Waals surface area contributed by atoms with E-state index < -0.39 is 6.16 Å². The third-order valence-corrected chi connectivity index (χ3v) is 3.72. The first-order valence-electron chi connectivity index (χ1n) is 9.09. The number of rotatable bonds is 10. The Labute approximate surface area is 150 Å². The molecule has 0 fully saturated rings. The van der Waals surface area contributed by atoms with Gasteiger partial charge in [0, 0.05) is 6.42 Å². The Morgan fingerprint density at radius 1 is 0.960 bits per heavy atom. The van der Waals surface area contributed by atoms with Gasteiger partial charge in [0.05, 0.1) is 12.2 Å². The summed E-state index contributed by atoms with van der Waals surface area (Å²) in [5.41, 5.74) is 1.73. The summed E-state index contributed by atoms with van der Waals surface area (Å²) >= 11 is 0. The van der Waals surface area contributed by atoms with Gasteiger partial charge in [-0.3, -0.25) is 0 Å². The van der Waals surface area contributed by atoms with E-state index in [4.69, 9.17) is 14.2 Å². The van der Waals surface area contributed by atoms with Crippen LogP contribution in [0.3, 0.4) is 0 Å². The topological polar surface area (TPSA) is 61.8 Å². The van der Waals surface area contributed by atoms with Gasteiger partial charge in [0.25, 0.3) is 0 Å². The van der Waals surface area contributed by atoms with Gasteiger partial charge in [-0.2, -0.15) is 0 Å². The summed E-state index contributed by atoms with van der Waals surface area (Å²) in [6, 6.07) is 7.46. The van der Waals surface area contributed by atoms with Gasteiger partial charge in [0.15, 0.2) is 0 Å². The molecule has 2 atom stereocenters. The molecule has 0 aliphatic heterocycles. The highest BCUT2D eigenvalue weighted by molar-refractivity contribution is 5.89. The van der Waals surface area contributed by atoms with Crippen LogP contribution in [0.15, 0.2) is 24.3 Å². The normalized spacial score (nSPS) is 13.0. The Balaban J connectivity index is 2.37. The van der Waals surface area contributed by atoms with Crippen molar-refractivity contribution in [3.05, 3.63) is 35.4 Å². The highest BCUT2D eigenvalue weighted by Crippen LogP contribution is 2.12. The summed E-state index contributed by atoms with van der Waals surface area (Å²) < 4.78 is 15.5. The van der Waals surface area contributed by atoms with Crippen LogP contribution in [-0.2, 0) is 20.6 Å². The lowest BCUT2D eigenvalue weighted by molar-refractivity contribution is 0.000160. The van der Waals surface area contributed by atoms with Gasteiger partial charge >= 0.3 is 12.1 Å². The number of ether oxygens (including phenoxy) is 3. The molecule has 0 aromatic heterocycles. The Bertz CT molecular complexity index is 523. The number of benzene rings is 1. The molecule has 140 valence electrons. The largest absolute Gasteiger partial charge is 0.508 e. The minimum Gasteiger partial charge on any atom is -0.459 e. The third-order valence-electron chi connectivity index (χ3n) is 3.72. The molecule has 0 radical (unpaired) electrons. The van der Waals surface area contributed by atoms with Crippen LogP contribution in [0, 0.1) is 0 Å². The van der Waals surface area contributed by atoms with Crippen LogP contribution in [0.4, 0.5) is 4.79 Å². The van der Waals surface area contributed by atoms with Crippen LogP contribution in [0.25, 0.3) is 0 Å². The third kappa shape index (κ3) is 8.57. The second-order valence-corrected chi connectivity index (χ2v) is 6.28. The monoisotopic (exact) mass is 350 g/mol. The zero-order chi connectivity index (χ0) is 18.7. The van der Waals surface area contributed by atoms with Crippen molar-refractivity contribution in [1.82, 2.24) is 0 Å². The highest BCUT2D eigenvalue weighted by atomic mass is 16.7. The van der Waals surface area contributed by atoms with Crippen molar-refractivity contribution in [2.45, 2.75) is 72.0 Å². The molecule has 2 unspecified atom stereocenters. The molecule has 5 heteroatoms. The minimum atomic E-state index is -0.675. The molecule has 0 saturated carbocycles. The average Bonchev–Trinajstić information content (AvgIpc) is 2.55. The van der Waals surface area contributed by atoms with Crippen molar-refractivity contribution >= 4 is 12.1 Å². The molecular weight excluding hydrogens is 320 g/mol. The molecule has 0 aliphatic carbocycles. The molecule has 0 bridgehead atoms. The fourth-order valence-electron chi connectivity index (χ4n) is 2.41. The predicted octanol–water partition coefficient (Wildman–Crippen LogP) is 4.92. The molecular formula is C20H30O5. The minimum absolute atomic E-state index is 0.360. The molecule has 0 N–H and O–H groups in total. The van der Waals surface area contributed by atoms with Gasteiger partial charge in [0.1, 0.15) is 12.2 Å². The summed E-state index contributed by atoms with van der Waals surface area (Å²) in [7, 11) is 0. The maximum Gasteiger partial charge on any atom is 0.508 e. The number of carbonyl (C=O) groups excluding carboxylic acids is 2. The maximum absolute atomic E-state index is 12.1. The predicted molar refractivity (Wildman–Crippen MR) is 96.7 cm³/mol. The van der Waals surface area contributed by atoms with Crippen molar-refractivity contribution in [3.63, 3.8) is 0 Å². The first kappa shape index (κ1) is 21.0. The molecule has 5 nitrogen and oxygen atoms in total. The molecule has 0 heterocycles. The lowest BCUT2D eigenvalue weighted by Crippen LogP contribution is -2.24. The van der Waals surface area contributed by atoms with Gasteiger partial charge in [-0.05, 0) is 44.4 Å². The fraction of sp³-hybridized carbons (Fsp3) is 0.600. The SMILES string of the molecule is CCCCOC(=O)OC(C)CC(C)OC(=O)c1ccc(CCC)cc1. The molecule has 1 aromatic rings. The van der Waals surface area contributed by atoms with E-state index in [-0.39, 0.29) is 18.2 Å². The van der Waals surface area contributed by atoms with Crippen LogP contribution in [-0.4, -0.2) is 30.9 Å². The number of unbranched alkanes of at least 4 members (excludes halogenated alkanes) is 1. The van der Waals surface area contributed by atoms with Crippen molar-refractivity contribution in [2.75, 3.05) is 6.61 Å². The lowest BCUT2D eigenvalue weighted by atomic mass is 10.1. The molecule has 0 aliphatic rings. The van der Waals surface area contributed by atoms with E-state index in [1.54, 1.807) is 26.0 Å². The molecule has 0 spiro atoms. The average molecular weight is 350 g/mol. The van der Waals surface area contributed by atoms with E-state index in [1.807, 2.05) is 19.1 Å². The Hall–Kier alpha value is -2.04. The second kappa shape index (κ2) is 11.5. The molecule has 1 aromatic carbocycles. The fourth-order valence-corrected chi connectivity index (χ4v) is 2.41. The van der Waals surface area contributed by atoms with Crippen molar-refractivity contribution in [3.8, 4) is 0 Å². The molecule has 25 heavy (non-hydrogen) atoms. The standard InChI is InChI=1S/C20H30O5/c1-5-7-13-23-20(22)25-16(4)14-15(3)24-19(21)18-11-9-17(8-6-2)10-12-18/h9-12,15-16H,5-8,13-14H2,1-4H3. The Kier molecular flexibility index (Phi) is 9.66. The zero-order valence-electron chi connectivity index (χ0n) is 15.7. The maximum atomic E-state index is 12.1. The van der Waals surface area contributed by atoms with Crippen LogP contribution in [0.5, 0.6) is 0 Å². The van der Waals surface area contributed by atoms with Crippen LogP contribution in [0.2, 0.25) is 0 Å². The van der Waals surface area contributed by atoms with Gasteiger partial charge in [0.2, 0.25) is 0 Å². The summed E-state index contributed by atoms with van der Waals surface area (Å²) in [5.74, 6) is -0.367. The Morgan fingerprint density at radius 2 is 1.60 bits per heavy atom. The van der Waals surface area contributed by atoms with Crippen molar-refractivity contribution < 1.29 is 23.8 Å². The lowest BCUT2D eigenvalue weighted by Gasteiger charge is -2.18. The zero-order valence-corrected chi connectivity index (χ0v) is 15.7. The smallest absolute Gasteiger partial charge is 0.459 e. The van der Waals surface area contributed by atoms with E-state index in [2.05, 4.69) is 6.92 Å². The van der Waals surface area contributed by atoms with Crippen LogP contribution >= 0.6 is 0 Å². The molecule has 0 saturated heterocycles. The Morgan fingerprint density at radius 3 is 2.20 bits per heavy atom. The summed E-state index contributed by atoms with van der Waals surface area (Å²) in [5, 5.41) is 0.